The lowest BCUT2D eigenvalue weighted by atomic mass is 10.1. The van der Waals surface area contributed by atoms with Crippen molar-refractivity contribution in [3.05, 3.63) is 37.1 Å². The maximum atomic E-state index is 12.5. The SMILES string of the molecule is Cn1ccc(-c2cn([C@@H]3O[C@H](C(=O)Nc4ccon4)[C@@H](O)[C@H]3O)c3ncnc(N)c23)n1. The standard InChI is InChI=1S/C18H18N8O5/c1-25-4-2-9(23-25)8-6-26(16-11(8)15(19)20-7-21-16)18-13(28)12(27)14(31-18)17(29)22-10-3-5-30-24-10/h2-7,12-14,18,27-28H,1H3,(H2,19,20,21)(H,22,24,29)/t12-,13+,14-,18+/m0/s1. The number of nitrogens with zero attached hydrogens (tertiary/aromatic N) is 6. The number of aliphatic hydroxyl groups excluding tert-OH is 2. The molecule has 4 aromatic heterocycles. The van der Waals surface area contributed by atoms with Crippen LogP contribution in [0.15, 0.2) is 41.6 Å². The average Bonchev–Trinajstić information content (AvgIpc) is 3.51. The lowest BCUT2D eigenvalue weighted by Gasteiger charge is -2.17. The molecule has 1 fully saturated rings. The molecule has 0 saturated carbocycles. The van der Waals surface area contributed by atoms with Crippen LogP contribution >= 0.6 is 0 Å². The molecule has 1 saturated heterocycles. The van der Waals surface area contributed by atoms with Crippen molar-refractivity contribution in [2.24, 2.45) is 7.05 Å². The second-order valence-electron chi connectivity index (χ2n) is 7.08. The summed E-state index contributed by atoms with van der Waals surface area (Å²) in [6.45, 7) is 0. The number of nitrogens with one attached hydrogen (secondary N) is 1. The third-order valence-electron chi connectivity index (χ3n) is 5.09. The number of aliphatic hydroxyl groups is 2. The van der Waals surface area contributed by atoms with Crippen LogP contribution in [0.2, 0.25) is 0 Å². The number of ether oxygens (including phenoxy) is 1. The van der Waals surface area contributed by atoms with Gasteiger partial charge in [-0.05, 0) is 6.07 Å². The molecule has 13 heteroatoms. The van der Waals surface area contributed by atoms with Crippen LogP contribution in [0.4, 0.5) is 11.6 Å². The van der Waals surface area contributed by atoms with Crippen LogP contribution in [-0.2, 0) is 16.6 Å². The first-order valence-corrected chi connectivity index (χ1v) is 9.28. The van der Waals surface area contributed by atoms with E-state index in [1.807, 2.05) is 0 Å². The van der Waals surface area contributed by atoms with Crippen LogP contribution in [0.3, 0.4) is 0 Å². The Morgan fingerprint density at radius 1 is 1.26 bits per heavy atom. The van der Waals surface area contributed by atoms with E-state index < -0.39 is 30.4 Å². The fourth-order valence-corrected chi connectivity index (χ4v) is 3.64. The Labute approximate surface area is 174 Å². The molecule has 1 aliphatic heterocycles. The van der Waals surface area contributed by atoms with Gasteiger partial charge in [-0.2, -0.15) is 5.10 Å². The van der Waals surface area contributed by atoms with Gasteiger partial charge >= 0.3 is 0 Å². The molecule has 0 bridgehead atoms. The van der Waals surface area contributed by atoms with Crippen molar-refractivity contribution in [3.8, 4) is 11.3 Å². The number of aromatic nitrogens is 6. The van der Waals surface area contributed by atoms with Crippen molar-refractivity contribution in [1.29, 1.82) is 0 Å². The van der Waals surface area contributed by atoms with E-state index >= 15 is 0 Å². The fourth-order valence-electron chi connectivity index (χ4n) is 3.64. The first kappa shape index (κ1) is 19.2. The number of hydrogen-bond acceptors (Lipinski definition) is 10. The first-order valence-electron chi connectivity index (χ1n) is 9.28. The molecule has 0 radical (unpaired) electrons. The van der Waals surface area contributed by atoms with E-state index in [4.69, 9.17) is 10.5 Å². The van der Waals surface area contributed by atoms with E-state index in [-0.39, 0.29) is 11.6 Å². The van der Waals surface area contributed by atoms with Gasteiger partial charge in [-0.15, -0.1) is 0 Å². The van der Waals surface area contributed by atoms with Crippen LogP contribution in [0.5, 0.6) is 0 Å². The van der Waals surface area contributed by atoms with Gasteiger partial charge in [-0.3, -0.25) is 9.48 Å². The highest BCUT2D eigenvalue weighted by molar-refractivity contribution is 6.00. The molecule has 1 amide bonds. The summed E-state index contributed by atoms with van der Waals surface area (Å²) in [5.74, 6) is -0.306. The Balaban J connectivity index is 1.53. The van der Waals surface area contributed by atoms with Crippen molar-refractivity contribution in [3.63, 3.8) is 0 Å². The molecule has 4 aromatic rings. The second-order valence-corrected chi connectivity index (χ2v) is 7.08. The highest BCUT2D eigenvalue weighted by Crippen LogP contribution is 2.38. The maximum absolute atomic E-state index is 12.5. The summed E-state index contributed by atoms with van der Waals surface area (Å²) in [4.78, 5) is 20.9. The topological polar surface area (TPSA) is 179 Å². The van der Waals surface area contributed by atoms with Gasteiger partial charge in [0.2, 0.25) is 0 Å². The van der Waals surface area contributed by atoms with Crippen molar-refractivity contribution < 1.29 is 24.3 Å². The third-order valence-corrected chi connectivity index (χ3v) is 5.09. The number of anilines is 2. The van der Waals surface area contributed by atoms with E-state index in [9.17, 15) is 15.0 Å². The molecule has 4 atom stereocenters. The first-order chi connectivity index (χ1) is 14.9. The fraction of sp³-hybridized carbons (Fsp3) is 0.278. The van der Waals surface area contributed by atoms with Crippen LogP contribution in [0.1, 0.15) is 6.23 Å². The predicted molar refractivity (Wildman–Crippen MR) is 105 cm³/mol. The van der Waals surface area contributed by atoms with E-state index in [0.29, 0.717) is 22.3 Å². The number of amides is 1. The van der Waals surface area contributed by atoms with E-state index in [0.717, 1.165) is 0 Å². The van der Waals surface area contributed by atoms with Crippen molar-refractivity contribution in [1.82, 2.24) is 29.5 Å². The number of nitrogen functional groups attached to an aromatic ring is 1. The summed E-state index contributed by atoms with van der Waals surface area (Å²) < 4.78 is 13.6. The molecule has 0 aromatic carbocycles. The van der Waals surface area contributed by atoms with Crippen LogP contribution < -0.4 is 11.1 Å². The number of rotatable bonds is 4. The molecule has 0 spiro atoms. The Hall–Kier alpha value is -3.81. The molecular weight excluding hydrogens is 408 g/mol. The zero-order valence-electron chi connectivity index (χ0n) is 16.2. The van der Waals surface area contributed by atoms with Gasteiger partial charge in [0.25, 0.3) is 5.91 Å². The van der Waals surface area contributed by atoms with Crippen molar-refractivity contribution >= 4 is 28.6 Å². The number of fused-ring (bicyclic) bond motifs is 1. The number of hydrogen-bond donors (Lipinski definition) is 4. The highest BCUT2D eigenvalue weighted by Gasteiger charge is 2.48. The lowest BCUT2D eigenvalue weighted by Crippen LogP contribution is -2.39. The average molecular weight is 426 g/mol. The minimum absolute atomic E-state index is 0.156. The van der Waals surface area contributed by atoms with Gasteiger partial charge < -0.3 is 35.1 Å². The Morgan fingerprint density at radius 3 is 2.81 bits per heavy atom. The molecule has 0 aliphatic carbocycles. The Kier molecular flexibility index (Phi) is 4.43. The predicted octanol–water partition coefficient (Wildman–Crippen LogP) is -0.340. The summed E-state index contributed by atoms with van der Waals surface area (Å²) in [6.07, 6.45) is 0.605. The van der Waals surface area contributed by atoms with Gasteiger partial charge in [0, 0.05) is 31.1 Å². The van der Waals surface area contributed by atoms with E-state index in [1.165, 1.54) is 23.2 Å². The number of carbonyl (C=O) groups is 1. The largest absolute Gasteiger partial charge is 0.387 e. The Bertz CT molecular complexity index is 1250. The quantitative estimate of drug-likeness (QED) is 0.337. The summed E-state index contributed by atoms with van der Waals surface area (Å²) in [5, 5.41) is 32.1. The lowest BCUT2D eigenvalue weighted by molar-refractivity contribution is -0.132. The smallest absolute Gasteiger partial charge is 0.257 e. The number of carbonyl (C=O) groups excluding carboxylic acids is 1. The zero-order chi connectivity index (χ0) is 21.7. The third kappa shape index (κ3) is 3.11. The molecule has 1 aliphatic rings. The molecular formula is C18H18N8O5. The van der Waals surface area contributed by atoms with E-state index in [1.54, 1.807) is 30.2 Å². The molecule has 31 heavy (non-hydrogen) atoms. The summed E-state index contributed by atoms with van der Waals surface area (Å²) >= 11 is 0. The van der Waals surface area contributed by atoms with Gasteiger partial charge in [0.15, 0.2) is 18.1 Å². The Morgan fingerprint density at radius 2 is 2.10 bits per heavy atom. The minimum Gasteiger partial charge on any atom is -0.387 e. The number of nitrogens with two attached hydrogens (primary N) is 1. The molecule has 5 N–H and O–H groups in total. The van der Waals surface area contributed by atoms with Crippen LogP contribution in [0, 0.1) is 0 Å². The molecule has 160 valence electrons. The second kappa shape index (κ2) is 7.16. The molecule has 5 rings (SSSR count). The van der Waals surface area contributed by atoms with Crippen molar-refractivity contribution in [2.75, 3.05) is 11.1 Å². The number of aryl methyl sites for hydroxylation is 1. The van der Waals surface area contributed by atoms with E-state index in [2.05, 4.69) is 30.1 Å². The molecule has 13 nitrogen and oxygen atoms in total. The summed E-state index contributed by atoms with van der Waals surface area (Å²) in [6, 6.07) is 3.23. The molecule has 5 heterocycles. The molecule has 0 unspecified atom stereocenters. The van der Waals surface area contributed by atoms with Gasteiger partial charge in [0.1, 0.15) is 36.3 Å². The summed E-state index contributed by atoms with van der Waals surface area (Å²) in [7, 11) is 1.78. The van der Waals surface area contributed by atoms with Crippen LogP contribution in [-0.4, -0.2) is 63.9 Å². The van der Waals surface area contributed by atoms with Crippen LogP contribution in [0.25, 0.3) is 22.3 Å². The highest BCUT2D eigenvalue weighted by atomic mass is 16.6. The van der Waals surface area contributed by atoms with Gasteiger partial charge in [-0.25, -0.2) is 9.97 Å². The monoisotopic (exact) mass is 426 g/mol. The van der Waals surface area contributed by atoms with Crippen molar-refractivity contribution in [2.45, 2.75) is 24.5 Å². The van der Waals surface area contributed by atoms with Gasteiger partial charge in [0.05, 0.1) is 11.1 Å². The zero-order valence-corrected chi connectivity index (χ0v) is 16.2. The maximum Gasteiger partial charge on any atom is 0.257 e. The van der Waals surface area contributed by atoms with Gasteiger partial charge in [-0.1, -0.05) is 5.16 Å². The normalized spacial score (nSPS) is 23.5. The summed E-state index contributed by atoms with van der Waals surface area (Å²) in [5.41, 5.74) is 7.69. The minimum atomic E-state index is -1.49.